The van der Waals surface area contributed by atoms with Gasteiger partial charge < -0.3 is 19.7 Å². The number of aliphatic hydroxyl groups excluding tert-OH is 2. The number of carbonyl (C=O) groups is 1. The van der Waals surface area contributed by atoms with E-state index in [0.29, 0.717) is 25.7 Å². The number of aliphatic hydroxyl groups is 2. The number of fused-ring (bicyclic) bond motifs is 1. The molecule has 2 unspecified atom stereocenters. The van der Waals surface area contributed by atoms with Gasteiger partial charge in [0.2, 0.25) is 0 Å². The van der Waals surface area contributed by atoms with Crippen LogP contribution in [0.5, 0.6) is 0 Å². The summed E-state index contributed by atoms with van der Waals surface area (Å²) in [5.41, 5.74) is -2.32. The Hall–Kier alpha value is -1.61. The Morgan fingerprint density at radius 2 is 2.03 bits per heavy atom. The maximum atomic E-state index is 15.1. The molecule has 0 radical (unpaired) electrons. The average Bonchev–Trinajstić information content (AvgIpc) is 3.20. The minimum Gasteiger partial charge on any atom is -0.491 e. The summed E-state index contributed by atoms with van der Waals surface area (Å²) in [6, 6.07) is 0. The number of rotatable bonds is 10. The molecule has 1 aliphatic heterocycles. The summed E-state index contributed by atoms with van der Waals surface area (Å²) in [5, 5.41) is 20.7. The van der Waals surface area contributed by atoms with Crippen LogP contribution in [0.25, 0.3) is 0 Å². The molecule has 32 heavy (non-hydrogen) atoms. The van der Waals surface area contributed by atoms with E-state index in [9.17, 15) is 28.2 Å². The number of methoxy groups -OCH3 is 1. The summed E-state index contributed by atoms with van der Waals surface area (Å²) >= 11 is 0. The molecule has 1 saturated carbocycles. The van der Waals surface area contributed by atoms with Crippen molar-refractivity contribution >= 4 is 5.97 Å². The van der Waals surface area contributed by atoms with Gasteiger partial charge >= 0.3 is 12.1 Å². The topological polar surface area (TPSA) is 76.0 Å². The number of unbranched alkanes of at least 4 members (excludes halogenated alkanes) is 2. The highest BCUT2D eigenvalue weighted by atomic mass is 19.4. The first-order valence-electron chi connectivity index (χ1n) is 11.1. The Bertz CT molecular complexity index is 692. The van der Waals surface area contributed by atoms with Crippen molar-refractivity contribution in [1.29, 1.82) is 0 Å². The van der Waals surface area contributed by atoms with Gasteiger partial charge in [-0.1, -0.05) is 31.9 Å². The Labute approximate surface area is 186 Å². The SMILES string of the molecule is CCCCC(C)([C@H](O)/C=C/[C@@H]1[C@H]2C(F)/C(=C/CCCC(=O)OC)O[C@H]2C[C@H]1O)C(F)(F)F. The summed E-state index contributed by atoms with van der Waals surface area (Å²) < 4.78 is 66.2. The van der Waals surface area contributed by atoms with Gasteiger partial charge in [0.25, 0.3) is 0 Å². The lowest BCUT2D eigenvalue weighted by Crippen LogP contribution is -2.44. The number of allylic oxidation sites excluding steroid dienone is 2. The second kappa shape index (κ2) is 11.0. The van der Waals surface area contributed by atoms with Crippen molar-refractivity contribution in [2.75, 3.05) is 7.11 Å². The molecule has 2 fully saturated rings. The molecule has 1 aliphatic carbocycles. The minimum absolute atomic E-state index is 0.124. The second-order valence-electron chi connectivity index (χ2n) is 8.94. The van der Waals surface area contributed by atoms with Crippen LogP contribution in [0.15, 0.2) is 24.0 Å². The molecule has 0 aromatic rings. The number of esters is 1. The van der Waals surface area contributed by atoms with Gasteiger partial charge in [-0.3, -0.25) is 4.79 Å². The van der Waals surface area contributed by atoms with Gasteiger partial charge in [0.05, 0.1) is 24.7 Å². The maximum Gasteiger partial charge on any atom is 0.397 e. The van der Waals surface area contributed by atoms with Crippen LogP contribution in [0, 0.1) is 17.3 Å². The van der Waals surface area contributed by atoms with E-state index >= 15 is 4.39 Å². The molecule has 2 N–H and O–H groups in total. The lowest BCUT2D eigenvalue weighted by molar-refractivity contribution is -0.244. The fourth-order valence-corrected chi connectivity index (χ4v) is 4.45. The zero-order valence-corrected chi connectivity index (χ0v) is 18.8. The van der Waals surface area contributed by atoms with Crippen LogP contribution >= 0.6 is 0 Å². The summed E-state index contributed by atoms with van der Waals surface area (Å²) in [4.78, 5) is 11.2. The average molecular weight is 467 g/mol. The van der Waals surface area contributed by atoms with E-state index in [4.69, 9.17) is 4.74 Å². The number of halogens is 4. The molecule has 7 atom stereocenters. The van der Waals surface area contributed by atoms with Crippen LogP contribution in [-0.2, 0) is 14.3 Å². The third-order valence-corrected chi connectivity index (χ3v) is 6.71. The highest BCUT2D eigenvalue weighted by Crippen LogP contribution is 2.48. The number of hydrogen-bond donors (Lipinski definition) is 2. The number of alkyl halides is 4. The largest absolute Gasteiger partial charge is 0.491 e. The zero-order valence-electron chi connectivity index (χ0n) is 18.8. The van der Waals surface area contributed by atoms with E-state index in [1.807, 2.05) is 0 Å². The van der Waals surface area contributed by atoms with Gasteiger partial charge in [0.15, 0.2) is 6.17 Å². The molecule has 1 saturated heterocycles. The first kappa shape index (κ1) is 26.6. The van der Waals surface area contributed by atoms with E-state index in [0.717, 1.165) is 13.0 Å². The third kappa shape index (κ3) is 5.84. The van der Waals surface area contributed by atoms with E-state index in [1.165, 1.54) is 13.2 Å². The molecule has 5 nitrogen and oxygen atoms in total. The van der Waals surface area contributed by atoms with Gasteiger partial charge in [-0.25, -0.2) is 4.39 Å². The van der Waals surface area contributed by atoms with Gasteiger partial charge in [-0.2, -0.15) is 13.2 Å². The highest BCUT2D eigenvalue weighted by molar-refractivity contribution is 5.69. The molecule has 0 spiro atoms. The van der Waals surface area contributed by atoms with Crippen molar-refractivity contribution in [1.82, 2.24) is 0 Å². The normalized spacial score (nSPS) is 32.0. The lowest BCUT2D eigenvalue weighted by atomic mass is 9.77. The fraction of sp³-hybridized carbons (Fsp3) is 0.783. The van der Waals surface area contributed by atoms with Crippen molar-refractivity contribution < 1.29 is 42.0 Å². The Morgan fingerprint density at radius 1 is 1.34 bits per heavy atom. The van der Waals surface area contributed by atoms with Crippen LogP contribution in [-0.4, -0.2) is 54.0 Å². The zero-order chi connectivity index (χ0) is 24.1. The fourth-order valence-electron chi connectivity index (χ4n) is 4.45. The first-order chi connectivity index (χ1) is 15.0. The number of hydrogen-bond acceptors (Lipinski definition) is 5. The Balaban J connectivity index is 2.08. The second-order valence-corrected chi connectivity index (χ2v) is 8.94. The van der Waals surface area contributed by atoms with Crippen LogP contribution in [0.3, 0.4) is 0 Å². The first-order valence-corrected chi connectivity index (χ1v) is 11.1. The number of ether oxygens (including phenoxy) is 2. The minimum atomic E-state index is -4.61. The van der Waals surface area contributed by atoms with Crippen molar-refractivity contribution in [2.24, 2.45) is 17.3 Å². The van der Waals surface area contributed by atoms with Crippen LogP contribution < -0.4 is 0 Å². The molecule has 9 heteroatoms. The third-order valence-electron chi connectivity index (χ3n) is 6.71. The van der Waals surface area contributed by atoms with Crippen LogP contribution in [0.1, 0.15) is 58.8 Å². The molecule has 0 aromatic carbocycles. The Morgan fingerprint density at radius 3 is 2.62 bits per heavy atom. The molecule has 0 aromatic heterocycles. The van der Waals surface area contributed by atoms with Gasteiger partial charge in [0.1, 0.15) is 11.9 Å². The maximum absolute atomic E-state index is 15.1. The van der Waals surface area contributed by atoms with E-state index in [2.05, 4.69) is 4.74 Å². The Kier molecular flexibility index (Phi) is 9.16. The van der Waals surface area contributed by atoms with Crippen molar-refractivity contribution in [3.8, 4) is 0 Å². The smallest absolute Gasteiger partial charge is 0.397 e. The molecule has 0 bridgehead atoms. The predicted molar refractivity (Wildman–Crippen MR) is 110 cm³/mol. The quantitative estimate of drug-likeness (QED) is 0.213. The summed E-state index contributed by atoms with van der Waals surface area (Å²) in [5.74, 6) is -1.75. The van der Waals surface area contributed by atoms with E-state index in [-0.39, 0.29) is 31.0 Å². The standard InChI is InChI=1S/C23H34F4O5/c1-4-5-12-22(2,23(25,26)27)18(29)11-10-14-15(28)13-17-20(14)21(24)16(32-17)8-6-7-9-19(30)31-3/h8,10-11,14-15,17-18,20-21,28-29H,4-7,9,12-13H2,1-3H3/b11-10+,16-8-/t14-,15+,17-,18+,20+,21?,22?/m0/s1. The molecule has 2 aliphatic rings. The van der Waals surface area contributed by atoms with Crippen LogP contribution in [0.4, 0.5) is 17.6 Å². The van der Waals surface area contributed by atoms with Gasteiger partial charge in [-0.05, 0) is 32.3 Å². The molecule has 1 heterocycles. The van der Waals surface area contributed by atoms with Gasteiger partial charge in [-0.15, -0.1) is 0 Å². The summed E-state index contributed by atoms with van der Waals surface area (Å²) in [7, 11) is 1.29. The van der Waals surface area contributed by atoms with E-state index in [1.54, 1.807) is 13.0 Å². The van der Waals surface area contributed by atoms with Crippen molar-refractivity contribution in [3.05, 3.63) is 24.0 Å². The summed E-state index contributed by atoms with van der Waals surface area (Å²) in [6.45, 7) is 2.76. The summed E-state index contributed by atoms with van der Waals surface area (Å²) in [6.07, 6.45) is -3.71. The molecule has 184 valence electrons. The molecule has 2 rings (SSSR count). The lowest BCUT2D eigenvalue weighted by Gasteiger charge is -2.35. The molecular formula is C23H34F4O5. The van der Waals surface area contributed by atoms with Gasteiger partial charge in [0, 0.05) is 24.7 Å². The van der Waals surface area contributed by atoms with E-state index < -0.39 is 47.9 Å². The number of carbonyl (C=O) groups excluding carboxylic acids is 1. The van der Waals surface area contributed by atoms with Crippen molar-refractivity contribution in [2.45, 2.75) is 89.5 Å². The monoisotopic (exact) mass is 466 g/mol. The highest BCUT2D eigenvalue weighted by Gasteiger charge is 2.56. The molecular weight excluding hydrogens is 432 g/mol. The van der Waals surface area contributed by atoms with Crippen LogP contribution in [0.2, 0.25) is 0 Å². The predicted octanol–water partition coefficient (Wildman–Crippen LogP) is 4.62. The molecule has 0 amide bonds. The van der Waals surface area contributed by atoms with Crippen molar-refractivity contribution in [3.63, 3.8) is 0 Å².